The van der Waals surface area contributed by atoms with Gasteiger partial charge in [0.05, 0.1) is 0 Å². The lowest BCUT2D eigenvalue weighted by molar-refractivity contribution is 0.617. The zero-order valence-electron chi connectivity index (χ0n) is 8.63. The Kier molecular flexibility index (Phi) is 4.71. The van der Waals surface area contributed by atoms with E-state index in [9.17, 15) is 0 Å². The fraction of sp³-hybridized carbons (Fsp3) is 0.333. The van der Waals surface area contributed by atoms with Gasteiger partial charge in [-0.2, -0.15) is 0 Å². The monoisotopic (exact) mass is 209 g/mol. The van der Waals surface area contributed by atoms with Gasteiger partial charge in [-0.3, -0.25) is 0 Å². The Labute approximate surface area is 90.8 Å². The molecule has 1 nitrogen and oxygen atoms in total. The first-order valence-corrected chi connectivity index (χ1v) is 5.22. The smallest absolute Gasteiger partial charge is 0.0406 e. The maximum Gasteiger partial charge on any atom is 0.0406 e. The van der Waals surface area contributed by atoms with Gasteiger partial charge in [-0.05, 0) is 31.5 Å². The SMILES string of the molecule is C/C=C/CN[C@H](C)c1ccc(Cl)cc1. The molecule has 1 aromatic carbocycles. The Morgan fingerprint density at radius 2 is 2.00 bits per heavy atom. The van der Waals surface area contributed by atoms with E-state index < -0.39 is 0 Å². The van der Waals surface area contributed by atoms with Crippen molar-refractivity contribution < 1.29 is 0 Å². The van der Waals surface area contributed by atoms with Crippen LogP contribution in [0.2, 0.25) is 5.02 Å². The molecule has 0 aliphatic heterocycles. The van der Waals surface area contributed by atoms with Gasteiger partial charge in [0.2, 0.25) is 0 Å². The normalized spacial score (nSPS) is 13.4. The van der Waals surface area contributed by atoms with Gasteiger partial charge in [-0.15, -0.1) is 0 Å². The van der Waals surface area contributed by atoms with Crippen LogP contribution in [0.4, 0.5) is 0 Å². The highest BCUT2D eigenvalue weighted by atomic mass is 35.5. The molecule has 0 heterocycles. The topological polar surface area (TPSA) is 12.0 Å². The van der Waals surface area contributed by atoms with Gasteiger partial charge in [0.25, 0.3) is 0 Å². The van der Waals surface area contributed by atoms with Crippen molar-refractivity contribution in [1.29, 1.82) is 0 Å². The lowest BCUT2D eigenvalue weighted by atomic mass is 10.1. The number of hydrogen-bond donors (Lipinski definition) is 1. The summed E-state index contributed by atoms with van der Waals surface area (Å²) in [5.41, 5.74) is 1.26. The summed E-state index contributed by atoms with van der Waals surface area (Å²) >= 11 is 5.81. The number of allylic oxidation sites excluding steroid dienone is 1. The highest BCUT2D eigenvalue weighted by Gasteiger charge is 2.02. The second kappa shape index (κ2) is 5.84. The van der Waals surface area contributed by atoms with E-state index in [0.717, 1.165) is 11.6 Å². The average molecular weight is 210 g/mol. The van der Waals surface area contributed by atoms with Crippen LogP contribution in [0.3, 0.4) is 0 Å². The number of rotatable bonds is 4. The molecule has 0 fully saturated rings. The lowest BCUT2D eigenvalue weighted by Gasteiger charge is -2.12. The molecular weight excluding hydrogens is 194 g/mol. The van der Waals surface area contributed by atoms with Crippen LogP contribution in [0.25, 0.3) is 0 Å². The largest absolute Gasteiger partial charge is 0.307 e. The van der Waals surface area contributed by atoms with Crippen LogP contribution in [0.1, 0.15) is 25.5 Å². The van der Waals surface area contributed by atoms with Gasteiger partial charge in [-0.1, -0.05) is 35.9 Å². The third kappa shape index (κ3) is 3.52. The summed E-state index contributed by atoms with van der Waals surface area (Å²) in [6, 6.07) is 8.31. The Balaban J connectivity index is 2.51. The molecule has 0 aliphatic rings. The van der Waals surface area contributed by atoms with Gasteiger partial charge in [0.1, 0.15) is 0 Å². The molecular formula is C12H16ClN. The molecule has 1 aromatic rings. The fourth-order valence-electron chi connectivity index (χ4n) is 1.23. The minimum atomic E-state index is 0.364. The lowest BCUT2D eigenvalue weighted by Crippen LogP contribution is -2.18. The Hall–Kier alpha value is -0.790. The van der Waals surface area contributed by atoms with E-state index >= 15 is 0 Å². The molecule has 0 amide bonds. The van der Waals surface area contributed by atoms with Crippen molar-refractivity contribution in [2.24, 2.45) is 0 Å². The van der Waals surface area contributed by atoms with E-state index in [1.54, 1.807) is 0 Å². The maximum absolute atomic E-state index is 5.81. The van der Waals surface area contributed by atoms with Crippen LogP contribution in [0.15, 0.2) is 36.4 Å². The Morgan fingerprint density at radius 3 is 2.57 bits per heavy atom. The summed E-state index contributed by atoms with van der Waals surface area (Å²) in [7, 11) is 0. The first-order valence-electron chi connectivity index (χ1n) is 4.84. The summed E-state index contributed by atoms with van der Waals surface area (Å²) in [6.45, 7) is 5.07. The van der Waals surface area contributed by atoms with Crippen molar-refractivity contribution in [1.82, 2.24) is 5.32 Å². The molecule has 1 N–H and O–H groups in total. The van der Waals surface area contributed by atoms with Gasteiger partial charge >= 0.3 is 0 Å². The molecule has 0 aromatic heterocycles. The number of benzene rings is 1. The van der Waals surface area contributed by atoms with Crippen molar-refractivity contribution >= 4 is 11.6 Å². The molecule has 0 aliphatic carbocycles. The van der Waals surface area contributed by atoms with Gasteiger partial charge in [0.15, 0.2) is 0 Å². The summed E-state index contributed by atoms with van der Waals surface area (Å²) in [4.78, 5) is 0. The van der Waals surface area contributed by atoms with Crippen molar-refractivity contribution in [2.75, 3.05) is 6.54 Å². The molecule has 0 spiro atoms. The van der Waals surface area contributed by atoms with Crippen LogP contribution in [0.5, 0.6) is 0 Å². The minimum absolute atomic E-state index is 0.364. The molecule has 0 bridgehead atoms. The van der Waals surface area contributed by atoms with Crippen LogP contribution < -0.4 is 5.32 Å². The molecule has 0 unspecified atom stereocenters. The van der Waals surface area contributed by atoms with Crippen molar-refractivity contribution in [3.05, 3.63) is 47.0 Å². The van der Waals surface area contributed by atoms with E-state index in [4.69, 9.17) is 11.6 Å². The molecule has 0 saturated heterocycles. The van der Waals surface area contributed by atoms with Crippen LogP contribution in [0, 0.1) is 0 Å². The van der Waals surface area contributed by atoms with E-state index in [0.29, 0.717) is 6.04 Å². The van der Waals surface area contributed by atoms with Crippen LogP contribution in [-0.4, -0.2) is 6.54 Å². The number of nitrogens with one attached hydrogen (secondary N) is 1. The second-order valence-electron chi connectivity index (χ2n) is 3.25. The molecule has 0 saturated carbocycles. The van der Waals surface area contributed by atoms with Gasteiger partial charge in [0, 0.05) is 17.6 Å². The van der Waals surface area contributed by atoms with E-state index in [1.807, 2.05) is 25.1 Å². The van der Waals surface area contributed by atoms with Crippen molar-refractivity contribution in [2.45, 2.75) is 19.9 Å². The zero-order valence-corrected chi connectivity index (χ0v) is 9.38. The van der Waals surface area contributed by atoms with Crippen LogP contribution in [-0.2, 0) is 0 Å². The summed E-state index contributed by atoms with van der Waals surface area (Å²) in [5, 5.41) is 4.18. The van der Waals surface area contributed by atoms with Gasteiger partial charge in [-0.25, -0.2) is 0 Å². The van der Waals surface area contributed by atoms with Crippen molar-refractivity contribution in [3.63, 3.8) is 0 Å². The first-order chi connectivity index (χ1) is 6.74. The van der Waals surface area contributed by atoms with Gasteiger partial charge < -0.3 is 5.32 Å². The highest BCUT2D eigenvalue weighted by molar-refractivity contribution is 6.30. The standard InChI is InChI=1S/C12H16ClN/c1-3-4-9-14-10(2)11-5-7-12(13)8-6-11/h3-8,10,14H,9H2,1-2H3/b4-3+/t10-/m1/s1. The summed E-state index contributed by atoms with van der Waals surface area (Å²) in [6.07, 6.45) is 4.15. The molecule has 1 rings (SSSR count). The highest BCUT2D eigenvalue weighted by Crippen LogP contribution is 2.15. The van der Waals surface area contributed by atoms with E-state index in [-0.39, 0.29) is 0 Å². The predicted molar refractivity (Wildman–Crippen MR) is 62.7 cm³/mol. The zero-order chi connectivity index (χ0) is 10.4. The Bertz CT molecular complexity index is 290. The Morgan fingerprint density at radius 1 is 1.36 bits per heavy atom. The molecule has 76 valence electrons. The second-order valence-corrected chi connectivity index (χ2v) is 3.69. The molecule has 14 heavy (non-hydrogen) atoms. The third-order valence-corrected chi connectivity index (χ3v) is 2.40. The third-order valence-electron chi connectivity index (χ3n) is 2.15. The fourth-order valence-corrected chi connectivity index (χ4v) is 1.36. The van der Waals surface area contributed by atoms with E-state index in [1.165, 1.54) is 5.56 Å². The molecule has 0 radical (unpaired) electrons. The maximum atomic E-state index is 5.81. The predicted octanol–water partition coefficient (Wildman–Crippen LogP) is 3.57. The van der Waals surface area contributed by atoms with Crippen LogP contribution >= 0.6 is 11.6 Å². The summed E-state index contributed by atoms with van der Waals surface area (Å²) in [5.74, 6) is 0. The molecule has 1 atom stereocenters. The quantitative estimate of drug-likeness (QED) is 0.748. The number of hydrogen-bond acceptors (Lipinski definition) is 1. The summed E-state index contributed by atoms with van der Waals surface area (Å²) < 4.78 is 0. The first kappa shape index (κ1) is 11.3. The van der Waals surface area contributed by atoms with Crippen molar-refractivity contribution in [3.8, 4) is 0 Å². The molecule has 2 heteroatoms. The number of halogens is 1. The van der Waals surface area contributed by atoms with E-state index in [2.05, 4.69) is 30.4 Å². The minimum Gasteiger partial charge on any atom is -0.307 e. The average Bonchev–Trinajstić information content (AvgIpc) is 2.19.